The Balaban J connectivity index is 1.87. The molecular formula is C14H20N2O. The first-order chi connectivity index (χ1) is 8.18. The molecule has 0 bridgehead atoms. The molecule has 3 N–H and O–H groups in total. The fourth-order valence-electron chi connectivity index (χ4n) is 2.18. The smallest absolute Gasteiger partial charge is 0.249 e. The number of primary amides is 1. The maximum Gasteiger partial charge on any atom is 0.249 e. The monoisotopic (exact) mass is 232 g/mol. The number of amides is 1. The van der Waals surface area contributed by atoms with Gasteiger partial charge in [0.1, 0.15) is 0 Å². The highest BCUT2D eigenvalue weighted by molar-refractivity contribution is 5.94. The number of hydrogen-bond acceptors (Lipinski definition) is 2. The summed E-state index contributed by atoms with van der Waals surface area (Å²) in [6, 6.07) is 7.52. The van der Waals surface area contributed by atoms with Gasteiger partial charge >= 0.3 is 0 Å². The van der Waals surface area contributed by atoms with Crippen LogP contribution in [0.2, 0.25) is 0 Å². The van der Waals surface area contributed by atoms with Crippen molar-refractivity contribution in [3.63, 3.8) is 0 Å². The van der Waals surface area contributed by atoms with Gasteiger partial charge in [0, 0.05) is 12.1 Å². The standard InChI is InChI=1S/C14H20N2O/c1-10(11-6-7-11)8-16-9-12-4-2-3-5-13(12)14(15)17/h2-5,10-11,16H,6-9H2,1H3,(H2,15,17). The molecule has 1 aromatic rings. The van der Waals surface area contributed by atoms with E-state index >= 15 is 0 Å². The molecule has 1 aromatic carbocycles. The predicted molar refractivity (Wildman–Crippen MR) is 68.6 cm³/mol. The third kappa shape index (κ3) is 3.30. The number of nitrogens with one attached hydrogen (secondary N) is 1. The van der Waals surface area contributed by atoms with Gasteiger partial charge in [0.2, 0.25) is 5.91 Å². The molecule has 0 heterocycles. The minimum atomic E-state index is -0.349. The Morgan fingerprint density at radius 1 is 1.47 bits per heavy atom. The summed E-state index contributed by atoms with van der Waals surface area (Å²) in [6.45, 7) is 4.01. The van der Waals surface area contributed by atoms with Crippen molar-refractivity contribution < 1.29 is 4.79 Å². The molecule has 0 aromatic heterocycles. The molecule has 1 aliphatic carbocycles. The fourth-order valence-corrected chi connectivity index (χ4v) is 2.18. The van der Waals surface area contributed by atoms with Crippen LogP contribution in [0, 0.1) is 11.8 Å². The highest BCUT2D eigenvalue weighted by atomic mass is 16.1. The molecule has 1 unspecified atom stereocenters. The number of carbonyl (C=O) groups excluding carboxylic acids is 1. The first kappa shape index (κ1) is 12.1. The first-order valence-electron chi connectivity index (χ1n) is 6.27. The third-order valence-corrected chi connectivity index (χ3v) is 3.49. The Kier molecular flexibility index (Phi) is 3.79. The number of nitrogens with two attached hydrogens (primary N) is 1. The first-order valence-corrected chi connectivity index (χ1v) is 6.27. The van der Waals surface area contributed by atoms with Crippen LogP contribution in [-0.4, -0.2) is 12.5 Å². The van der Waals surface area contributed by atoms with Gasteiger partial charge in [-0.25, -0.2) is 0 Å². The van der Waals surface area contributed by atoms with E-state index in [4.69, 9.17) is 5.73 Å². The van der Waals surface area contributed by atoms with Crippen LogP contribution < -0.4 is 11.1 Å². The van der Waals surface area contributed by atoms with Crippen molar-refractivity contribution in [1.29, 1.82) is 0 Å². The summed E-state index contributed by atoms with van der Waals surface area (Å²) >= 11 is 0. The minimum Gasteiger partial charge on any atom is -0.366 e. The van der Waals surface area contributed by atoms with Gasteiger partial charge in [-0.15, -0.1) is 0 Å². The summed E-state index contributed by atoms with van der Waals surface area (Å²) in [6.07, 6.45) is 2.75. The predicted octanol–water partition coefficient (Wildman–Crippen LogP) is 1.92. The SMILES string of the molecule is CC(CNCc1ccccc1C(N)=O)C1CC1. The maximum atomic E-state index is 11.2. The fraction of sp³-hybridized carbons (Fsp3) is 0.500. The molecular weight excluding hydrogens is 212 g/mol. The van der Waals surface area contributed by atoms with E-state index in [1.807, 2.05) is 18.2 Å². The van der Waals surface area contributed by atoms with Crippen LogP contribution in [0.4, 0.5) is 0 Å². The molecule has 0 spiro atoms. The highest BCUT2D eigenvalue weighted by Gasteiger charge is 2.27. The van der Waals surface area contributed by atoms with Crippen LogP contribution >= 0.6 is 0 Å². The molecule has 3 heteroatoms. The van der Waals surface area contributed by atoms with Gasteiger partial charge in [-0.1, -0.05) is 25.1 Å². The van der Waals surface area contributed by atoms with Gasteiger partial charge in [-0.2, -0.15) is 0 Å². The van der Waals surface area contributed by atoms with Gasteiger partial charge < -0.3 is 11.1 Å². The van der Waals surface area contributed by atoms with Crippen molar-refractivity contribution in [3.8, 4) is 0 Å². The van der Waals surface area contributed by atoms with Crippen molar-refractivity contribution in [1.82, 2.24) is 5.32 Å². The van der Waals surface area contributed by atoms with E-state index in [9.17, 15) is 4.79 Å². The van der Waals surface area contributed by atoms with Crippen LogP contribution in [-0.2, 0) is 6.54 Å². The molecule has 17 heavy (non-hydrogen) atoms. The Morgan fingerprint density at radius 2 is 2.18 bits per heavy atom. The summed E-state index contributed by atoms with van der Waals surface area (Å²) < 4.78 is 0. The summed E-state index contributed by atoms with van der Waals surface area (Å²) in [7, 11) is 0. The average molecular weight is 232 g/mol. The maximum absolute atomic E-state index is 11.2. The Bertz CT molecular complexity index is 399. The lowest BCUT2D eigenvalue weighted by Crippen LogP contribution is -2.24. The van der Waals surface area contributed by atoms with Crippen LogP contribution in [0.25, 0.3) is 0 Å². The van der Waals surface area contributed by atoms with E-state index in [2.05, 4.69) is 12.2 Å². The van der Waals surface area contributed by atoms with E-state index in [0.717, 1.165) is 30.5 Å². The Hall–Kier alpha value is -1.35. The van der Waals surface area contributed by atoms with Gasteiger partial charge in [-0.05, 0) is 42.9 Å². The van der Waals surface area contributed by atoms with Gasteiger partial charge in [0.25, 0.3) is 0 Å². The van der Waals surface area contributed by atoms with E-state index in [1.54, 1.807) is 6.07 Å². The zero-order valence-electron chi connectivity index (χ0n) is 10.3. The topological polar surface area (TPSA) is 55.1 Å². The van der Waals surface area contributed by atoms with E-state index in [1.165, 1.54) is 12.8 Å². The molecule has 92 valence electrons. The quantitative estimate of drug-likeness (QED) is 0.787. The van der Waals surface area contributed by atoms with Gasteiger partial charge in [0.15, 0.2) is 0 Å². The molecule has 0 saturated heterocycles. The molecule has 1 atom stereocenters. The van der Waals surface area contributed by atoms with Crippen LogP contribution in [0.15, 0.2) is 24.3 Å². The zero-order valence-corrected chi connectivity index (χ0v) is 10.3. The van der Waals surface area contributed by atoms with E-state index in [0.29, 0.717) is 5.56 Å². The van der Waals surface area contributed by atoms with Crippen molar-refractivity contribution in [2.24, 2.45) is 17.6 Å². The summed E-state index contributed by atoms with van der Waals surface area (Å²) in [4.78, 5) is 11.2. The van der Waals surface area contributed by atoms with Crippen molar-refractivity contribution >= 4 is 5.91 Å². The second-order valence-corrected chi connectivity index (χ2v) is 4.97. The number of carbonyl (C=O) groups is 1. The van der Waals surface area contributed by atoms with Gasteiger partial charge in [-0.3, -0.25) is 4.79 Å². The second-order valence-electron chi connectivity index (χ2n) is 4.97. The molecule has 1 aliphatic rings. The second kappa shape index (κ2) is 5.32. The Morgan fingerprint density at radius 3 is 2.82 bits per heavy atom. The average Bonchev–Trinajstić information content (AvgIpc) is 3.13. The summed E-state index contributed by atoms with van der Waals surface area (Å²) in [5, 5.41) is 3.41. The molecule has 1 saturated carbocycles. The molecule has 2 rings (SSSR count). The zero-order chi connectivity index (χ0) is 12.3. The van der Waals surface area contributed by atoms with Crippen LogP contribution in [0.5, 0.6) is 0 Å². The summed E-state index contributed by atoms with van der Waals surface area (Å²) in [5.74, 6) is 1.29. The normalized spacial score (nSPS) is 16.8. The van der Waals surface area contributed by atoms with Crippen LogP contribution in [0.1, 0.15) is 35.7 Å². The largest absolute Gasteiger partial charge is 0.366 e. The third-order valence-electron chi connectivity index (χ3n) is 3.49. The van der Waals surface area contributed by atoms with E-state index < -0.39 is 0 Å². The summed E-state index contributed by atoms with van der Waals surface area (Å²) in [5.41, 5.74) is 6.95. The molecule has 0 radical (unpaired) electrons. The molecule has 0 aliphatic heterocycles. The lowest BCUT2D eigenvalue weighted by molar-refractivity contribution is 0.0999. The minimum absolute atomic E-state index is 0.349. The Labute approximate surface area is 102 Å². The van der Waals surface area contributed by atoms with Crippen molar-refractivity contribution in [3.05, 3.63) is 35.4 Å². The van der Waals surface area contributed by atoms with E-state index in [-0.39, 0.29) is 5.91 Å². The lowest BCUT2D eigenvalue weighted by Gasteiger charge is -2.12. The molecule has 1 amide bonds. The van der Waals surface area contributed by atoms with Crippen molar-refractivity contribution in [2.45, 2.75) is 26.3 Å². The molecule has 3 nitrogen and oxygen atoms in total. The number of hydrogen-bond donors (Lipinski definition) is 2. The number of benzene rings is 1. The van der Waals surface area contributed by atoms with Crippen molar-refractivity contribution in [2.75, 3.05) is 6.54 Å². The molecule has 1 fully saturated rings. The highest BCUT2D eigenvalue weighted by Crippen LogP contribution is 2.36. The van der Waals surface area contributed by atoms with Gasteiger partial charge in [0.05, 0.1) is 0 Å². The number of rotatable bonds is 6. The lowest BCUT2D eigenvalue weighted by atomic mass is 10.1. The van der Waals surface area contributed by atoms with Crippen LogP contribution in [0.3, 0.4) is 0 Å².